The zero-order valence-corrected chi connectivity index (χ0v) is 14.9. The van der Waals surface area contributed by atoms with Crippen LogP contribution in [0.1, 0.15) is 29.8 Å². The molecule has 0 aliphatic rings. The molecule has 0 fully saturated rings. The van der Waals surface area contributed by atoms with Crippen LogP contribution in [0.25, 0.3) is 0 Å². The number of aryl methyl sites for hydroxylation is 1. The maximum atomic E-state index is 12.5. The lowest BCUT2D eigenvalue weighted by Crippen LogP contribution is -2.22. The fraction of sp³-hybridized carbons (Fsp3) is 0.278. The zero-order chi connectivity index (χ0) is 17.7. The SMILES string of the molecule is Cc1cccc(NC(=O)c2ccccc2NS(=O)(=O)CC(C)C)c1. The molecular weight excluding hydrogens is 324 g/mol. The highest BCUT2D eigenvalue weighted by atomic mass is 32.2. The first kappa shape index (κ1) is 18.0. The standard InChI is InChI=1S/C18H22N2O3S/c1-13(2)12-24(22,23)20-17-10-5-4-9-16(17)18(21)19-15-8-6-7-14(3)11-15/h4-11,13,20H,12H2,1-3H3,(H,19,21). The number of benzene rings is 2. The average molecular weight is 346 g/mol. The van der Waals surface area contributed by atoms with Crippen molar-refractivity contribution >= 4 is 27.3 Å². The van der Waals surface area contributed by atoms with Gasteiger partial charge in [-0.2, -0.15) is 0 Å². The number of para-hydroxylation sites is 1. The molecule has 1 amide bonds. The maximum Gasteiger partial charge on any atom is 0.257 e. The second-order valence-corrected chi connectivity index (χ2v) is 7.91. The quantitative estimate of drug-likeness (QED) is 0.838. The van der Waals surface area contributed by atoms with Crippen LogP contribution in [0.5, 0.6) is 0 Å². The van der Waals surface area contributed by atoms with Crippen LogP contribution in [0, 0.1) is 12.8 Å². The summed E-state index contributed by atoms with van der Waals surface area (Å²) in [7, 11) is -3.50. The molecule has 0 aliphatic carbocycles. The highest BCUT2D eigenvalue weighted by Gasteiger charge is 2.17. The van der Waals surface area contributed by atoms with E-state index in [0.717, 1.165) is 5.56 Å². The van der Waals surface area contributed by atoms with Gasteiger partial charge in [0, 0.05) is 5.69 Å². The molecule has 0 unspecified atom stereocenters. The van der Waals surface area contributed by atoms with E-state index in [1.165, 1.54) is 0 Å². The molecule has 0 saturated heterocycles. The van der Waals surface area contributed by atoms with E-state index < -0.39 is 10.0 Å². The van der Waals surface area contributed by atoms with E-state index in [9.17, 15) is 13.2 Å². The Hall–Kier alpha value is -2.34. The lowest BCUT2D eigenvalue weighted by molar-refractivity contribution is 0.102. The van der Waals surface area contributed by atoms with Gasteiger partial charge in [-0.25, -0.2) is 8.42 Å². The Morgan fingerprint density at radius 1 is 1.08 bits per heavy atom. The summed E-state index contributed by atoms with van der Waals surface area (Å²) < 4.78 is 26.8. The highest BCUT2D eigenvalue weighted by molar-refractivity contribution is 7.92. The van der Waals surface area contributed by atoms with E-state index in [1.807, 2.05) is 39.0 Å². The van der Waals surface area contributed by atoms with Gasteiger partial charge in [-0.05, 0) is 42.7 Å². The van der Waals surface area contributed by atoms with E-state index in [2.05, 4.69) is 10.0 Å². The van der Waals surface area contributed by atoms with Crippen LogP contribution >= 0.6 is 0 Å². The highest BCUT2D eigenvalue weighted by Crippen LogP contribution is 2.20. The van der Waals surface area contributed by atoms with Crippen molar-refractivity contribution in [3.63, 3.8) is 0 Å². The number of carbonyl (C=O) groups excluding carboxylic acids is 1. The van der Waals surface area contributed by atoms with Crippen LogP contribution in [-0.4, -0.2) is 20.1 Å². The molecule has 5 nitrogen and oxygen atoms in total. The molecule has 0 atom stereocenters. The summed E-state index contributed by atoms with van der Waals surface area (Å²) in [4.78, 5) is 12.5. The van der Waals surface area contributed by atoms with Crippen molar-refractivity contribution in [1.82, 2.24) is 0 Å². The fourth-order valence-electron chi connectivity index (χ4n) is 2.34. The summed E-state index contributed by atoms with van der Waals surface area (Å²) >= 11 is 0. The number of amides is 1. The summed E-state index contributed by atoms with van der Waals surface area (Å²) in [6.45, 7) is 5.59. The molecule has 2 rings (SSSR count). The van der Waals surface area contributed by atoms with Gasteiger partial charge >= 0.3 is 0 Å². The first-order valence-electron chi connectivity index (χ1n) is 7.74. The molecule has 0 aliphatic heterocycles. The largest absolute Gasteiger partial charge is 0.322 e. The molecule has 0 radical (unpaired) electrons. The third-order valence-corrected chi connectivity index (χ3v) is 4.90. The third-order valence-electron chi connectivity index (χ3n) is 3.27. The first-order chi connectivity index (χ1) is 11.3. The second kappa shape index (κ2) is 7.49. The molecule has 0 spiro atoms. The zero-order valence-electron chi connectivity index (χ0n) is 14.0. The van der Waals surface area contributed by atoms with E-state index >= 15 is 0 Å². The van der Waals surface area contributed by atoms with Crippen molar-refractivity contribution in [3.05, 3.63) is 59.7 Å². The van der Waals surface area contributed by atoms with Crippen molar-refractivity contribution in [2.45, 2.75) is 20.8 Å². The van der Waals surface area contributed by atoms with Gasteiger partial charge in [0.25, 0.3) is 5.91 Å². The van der Waals surface area contributed by atoms with Crippen LogP contribution in [0.3, 0.4) is 0 Å². The van der Waals surface area contributed by atoms with Gasteiger partial charge in [-0.15, -0.1) is 0 Å². The first-order valence-corrected chi connectivity index (χ1v) is 9.39. The Balaban J connectivity index is 2.23. The number of carbonyl (C=O) groups is 1. The van der Waals surface area contributed by atoms with Crippen molar-refractivity contribution in [1.29, 1.82) is 0 Å². The predicted molar refractivity (Wildman–Crippen MR) is 97.8 cm³/mol. The Kier molecular flexibility index (Phi) is 5.62. The molecule has 2 aromatic rings. The van der Waals surface area contributed by atoms with Crippen molar-refractivity contribution in [3.8, 4) is 0 Å². The number of hydrogen-bond acceptors (Lipinski definition) is 3. The molecule has 0 bridgehead atoms. The van der Waals surface area contributed by atoms with Gasteiger partial charge in [0.1, 0.15) is 0 Å². The van der Waals surface area contributed by atoms with Crippen LogP contribution in [0.4, 0.5) is 11.4 Å². The van der Waals surface area contributed by atoms with Gasteiger partial charge in [-0.1, -0.05) is 38.1 Å². The Morgan fingerprint density at radius 3 is 2.46 bits per heavy atom. The third kappa shape index (κ3) is 5.09. The smallest absolute Gasteiger partial charge is 0.257 e. The number of sulfonamides is 1. The normalized spacial score (nSPS) is 11.3. The molecule has 0 saturated carbocycles. The Labute approximate surface area is 143 Å². The topological polar surface area (TPSA) is 75.3 Å². The predicted octanol–water partition coefficient (Wildman–Crippen LogP) is 3.65. The molecule has 2 N–H and O–H groups in total. The number of hydrogen-bond donors (Lipinski definition) is 2. The number of nitrogens with one attached hydrogen (secondary N) is 2. The molecule has 2 aromatic carbocycles. The lowest BCUT2D eigenvalue weighted by atomic mass is 10.1. The molecular formula is C18H22N2O3S. The Morgan fingerprint density at radius 2 is 1.79 bits per heavy atom. The fourth-order valence-corrected chi connectivity index (χ4v) is 3.81. The van der Waals surface area contributed by atoms with E-state index in [1.54, 1.807) is 30.3 Å². The number of rotatable bonds is 6. The Bertz CT molecular complexity index is 830. The summed E-state index contributed by atoms with van der Waals surface area (Å²) in [5.41, 5.74) is 2.26. The molecule has 128 valence electrons. The second-order valence-electron chi connectivity index (χ2n) is 6.15. The summed E-state index contributed by atoms with van der Waals surface area (Å²) in [5.74, 6) is -0.361. The van der Waals surface area contributed by atoms with Gasteiger partial charge in [-0.3, -0.25) is 9.52 Å². The van der Waals surface area contributed by atoms with Crippen LogP contribution in [0.2, 0.25) is 0 Å². The van der Waals surface area contributed by atoms with Crippen molar-refractivity contribution in [2.75, 3.05) is 15.8 Å². The number of anilines is 2. The molecule has 0 aromatic heterocycles. The minimum atomic E-state index is -3.50. The minimum Gasteiger partial charge on any atom is -0.322 e. The van der Waals surface area contributed by atoms with Crippen molar-refractivity contribution in [2.24, 2.45) is 5.92 Å². The van der Waals surface area contributed by atoms with Crippen LogP contribution in [0.15, 0.2) is 48.5 Å². The molecule has 24 heavy (non-hydrogen) atoms. The van der Waals surface area contributed by atoms with Crippen molar-refractivity contribution < 1.29 is 13.2 Å². The molecule has 0 heterocycles. The van der Waals surface area contributed by atoms with Gasteiger partial charge in [0.15, 0.2) is 0 Å². The van der Waals surface area contributed by atoms with Gasteiger partial charge in [0.2, 0.25) is 10.0 Å². The van der Waals surface area contributed by atoms with Gasteiger partial charge < -0.3 is 5.32 Å². The van der Waals surface area contributed by atoms with E-state index in [-0.39, 0.29) is 28.8 Å². The maximum absolute atomic E-state index is 12.5. The minimum absolute atomic E-state index is 0.000827. The van der Waals surface area contributed by atoms with Gasteiger partial charge in [0.05, 0.1) is 17.0 Å². The van der Waals surface area contributed by atoms with E-state index in [0.29, 0.717) is 5.69 Å². The summed E-state index contributed by atoms with van der Waals surface area (Å²) in [5, 5.41) is 2.79. The van der Waals surface area contributed by atoms with Crippen LogP contribution < -0.4 is 10.0 Å². The van der Waals surface area contributed by atoms with E-state index in [4.69, 9.17) is 0 Å². The van der Waals surface area contributed by atoms with Crippen LogP contribution in [-0.2, 0) is 10.0 Å². The lowest BCUT2D eigenvalue weighted by Gasteiger charge is -2.14. The average Bonchev–Trinajstić information content (AvgIpc) is 2.45. The molecule has 6 heteroatoms. The summed E-state index contributed by atoms with van der Waals surface area (Å²) in [6, 6.07) is 14.0. The summed E-state index contributed by atoms with van der Waals surface area (Å²) in [6.07, 6.45) is 0. The monoisotopic (exact) mass is 346 g/mol.